The zero-order valence-corrected chi connectivity index (χ0v) is 13.1. The van der Waals surface area contributed by atoms with E-state index < -0.39 is 0 Å². The third-order valence-corrected chi connectivity index (χ3v) is 4.16. The highest BCUT2D eigenvalue weighted by Gasteiger charge is 2.15. The van der Waals surface area contributed by atoms with E-state index in [2.05, 4.69) is 28.8 Å². The monoisotopic (exact) mass is 305 g/mol. The molecule has 0 saturated carbocycles. The van der Waals surface area contributed by atoms with E-state index >= 15 is 0 Å². The van der Waals surface area contributed by atoms with Crippen molar-refractivity contribution in [3.05, 3.63) is 59.2 Å². The van der Waals surface area contributed by atoms with E-state index in [1.54, 1.807) is 24.3 Å². The molecular weight excluding hydrogens is 286 g/mol. The van der Waals surface area contributed by atoms with Crippen molar-refractivity contribution in [2.24, 2.45) is 0 Å². The van der Waals surface area contributed by atoms with Crippen molar-refractivity contribution >= 4 is 17.3 Å². The second-order valence-electron chi connectivity index (χ2n) is 5.88. The summed E-state index contributed by atoms with van der Waals surface area (Å²) >= 11 is 0. The third kappa shape index (κ3) is 3.51. The minimum Gasteiger partial charge on any atom is -0.374 e. The van der Waals surface area contributed by atoms with Gasteiger partial charge in [0.25, 0.3) is 0 Å². The number of fused-ring (bicyclic) bond motifs is 1. The van der Waals surface area contributed by atoms with E-state index in [9.17, 15) is 4.79 Å². The smallest absolute Gasteiger partial charge is 0.246 e. The normalized spacial score (nSPS) is 13.7. The molecule has 0 heterocycles. The summed E-state index contributed by atoms with van der Waals surface area (Å²) in [4.78, 5) is 12.3. The van der Waals surface area contributed by atoms with E-state index in [0.29, 0.717) is 11.3 Å². The van der Waals surface area contributed by atoms with Gasteiger partial charge in [0, 0.05) is 11.4 Å². The zero-order chi connectivity index (χ0) is 16.2. The number of hydrogen-bond donors (Lipinski definition) is 2. The summed E-state index contributed by atoms with van der Waals surface area (Å²) in [5.74, 6) is -0.102. The minimum absolute atomic E-state index is 0.102. The van der Waals surface area contributed by atoms with Crippen LogP contribution in [0.2, 0.25) is 0 Å². The quantitative estimate of drug-likeness (QED) is 0.909. The number of nitrogens with zero attached hydrogens (tertiary/aromatic N) is 1. The van der Waals surface area contributed by atoms with Crippen LogP contribution in [0.25, 0.3) is 0 Å². The molecule has 0 radical (unpaired) electrons. The second-order valence-corrected chi connectivity index (χ2v) is 5.88. The molecule has 0 aliphatic heterocycles. The summed E-state index contributed by atoms with van der Waals surface area (Å²) in [5, 5.41) is 14.9. The summed E-state index contributed by atoms with van der Waals surface area (Å²) < 4.78 is 0. The highest BCUT2D eigenvalue weighted by molar-refractivity contribution is 5.96. The molecule has 1 aliphatic rings. The van der Waals surface area contributed by atoms with Gasteiger partial charge < -0.3 is 10.6 Å². The molecule has 1 amide bonds. The van der Waals surface area contributed by atoms with Gasteiger partial charge in [-0.15, -0.1) is 0 Å². The number of nitriles is 1. The molecule has 0 fully saturated rings. The highest BCUT2D eigenvalue weighted by atomic mass is 16.2. The first-order chi connectivity index (χ1) is 11.2. The number of amides is 1. The number of rotatable bonds is 4. The highest BCUT2D eigenvalue weighted by Crippen LogP contribution is 2.25. The van der Waals surface area contributed by atoms with Gasteiger partial charge in [-0.05, 0) is 73.7 Å². The van der Waals surface area contributed by atoms with Crippen LogP contribution in [0.15, 0.2) is 42.5 Å². The van der Waals surface area contributed by atoms with Crippen molar-refractivity contribution in [1.29, 1.82) is 5.26 Å². The SMILES string of the molecule is CC(Nc1ccc2c(c1)CCC2)C(=O)Nc1ccc(C#N)cc1. The van der Waals surface area contributed by atoms with Crippen molar-refractivity contribution in [1.82, 2.24) is 0 Å². The molecule has 2 aromatic carbocycles. The number of anilines is 2. The van der Waals surface area contributed by atoms with Crippen molar-refractivity contribution in [3.8, 4) is 6.07 Å². The molecule has 116 valence electrons. The fourth-order valence-electron chi connectivity index (χ4n) is 2.86. The predicted molar refractivity (Wildman–Crippen MR) is 91.3 cm³/mol. The van der Waals surface area contributed by atoms with E-state index in [1.165, 1.54) is 17.5 Å². The average molecular weight is 305 g/mol. The maximum Gasteiger partial charge on any atom is 0.246 e. The van der Waals surface area contributed by atoms with Crippen LogP contribution in [0.3, 0.4) is 0 Å². The number of carbonyl (C=O) groups is 1. The van der Waals surface area contributed by atoms with Gasteiger partial charge in [0.05, 0.1) is 11.6 Å². The average Bonchev–Trinajstić information content (AvgIpc) is 3.03. The Bertz CT molecular complexity index is 759. The molecule has 2 aromatic rings. The van der Waals surface area contributed by atoms with E-state index in [-0.39, 0.29) is 11.9 Å². The largest absolute Gasteiger partial charge is 0.374 e. The van der Waals surface area contributed by atoms with Crippen LogP contribution >= 0.6 is 0 Å². The molecule has 1 aliphatic carbocycles. The molecule has 0 saturated heterocycles. The molecule has 23 heavy (non-hydrogen) atoms. The zero-order valence-electron chi connectivity index (χ0n) is 13.1. The van der Waals surface area contributed by atoms with Crippen LogP contribution in [0.1, 0.15) is 30.0 Å². The Morgan fingerprint density at radius 1 is 1.09 bits per heavy atom. The summed E-state index contributed by atoms with van der Waals surface area (Å²) in [5.41, 5.74) is 5.05. The Morgan fingerprint density at radius 2 is 1.78 bits per heavy atom. The van der Waals surface area contributed by atoms with Crippen molar-refractivity contribution in [3.63, 3.8) is 0 Å². The first-order valence-corrected chi connectivity index (χ1v) is 7.85. The fraction of sp³-hybridized carbons (Fsp3) is 0.263. The molecule has 2 N–H and O–H groups in total. The predicted octanol–water partition coefficient (Wildman–Crippen LogP) is 3.49. The first kappa shape index (κ1) is 15.1. The van der Waals surface area contributed by atoms with Crippen LogP contribution in [-0.2, 0) is 17.6 Å². The van der Waals surface area contributed by atoms with Gasteiger partial charge >= 0.3 is 0 Å². The molecule has 4 nitrogen and oxygen atoms in total. The summed E-state index contributed by atoms with van der Waals surface area (Å²) in [7, 11) is 0. The molecule has 0 spiro atoms. The number of hydrogen-bond acceptors (Lipinski definition) is 3. The van der Waals surface area contributed by atoms with Crippen LogP contribution in [0, 0.1) is 11.3 Å². The van der Waals surface area contributed by atoms with Gasteiger partial charge in [-0.2, -0.15) is 5.26 Å². The molecular formula is C19H19N3O. The van der Waals surface area contributed by atoms with Crippen LogP contribution in [-0.4, -0.2) is 11.9 Å². The van der Waals surface area contributed by atoms with Gasteiger partial charge in [0.2, 0.25) is 5.91 Å². The lowest BCUT2D eigenvalue weighted by Crippen LogP contribution is -2.31. The molecule has 1 unspecified atom stereocenters. The molecule has 1 atom stereocenters. The Morgan fingerprint density at radius 3 is 2.52 bits per heavy atom. The lowest BCUT2D eigenvalue weighted by atomic mass is 10.1. The van der Waals surface area contributed by atoms with Crippen LogP contribution in [0.4, 0.5) is 11.4 Å². The maximum absolute atomic E-state index is 12.3. The van der Waals surface area contributed by atoms with Crippen LogP contribution < -0.4 is 10.6 Å². The topological polar surface area (TPSA) is 64.9 Å². The molecule has 4 heteroatoms. The maximum atomic E-state index is 12.3. The summed E-state index contributed by atoms with van der Waals surface area (Å²) in [6.07, 6.45) is 3.49. The number of carbonyl (C=O) groups excluding carboxylic acids is 1. The van der Waals surface area contributed by atoms with E-state index in [1.807, 2.05) is 13.0 Å². The van der Waals surface area contributed by atoms with Gasteiger partial charge in [-0.25, -0.2) is 0 Å². The number of nitrogens with one attached hydrogen (secondary N) is 2. The van der Waals surface area contributed by atoms with E-state index in [0.717, 1.165) is 18.5 Å². The molecule has 3 rings (SSSR count). The Labute approximate surface area is 136 Å². The number of aryl methyl sites for hydroxylation is 2. The van der Waals surface area contributed by atoms with Crippen molar-refractivity contribution < 1.29 is 4.79 Å². The Kier molecular flexibility index (Phi) is 4.29. The fourth-order valence-corrected chi connectivity index (χ4v) is 2.86. The van der Waals surface area contributed by atoms with Gasteiger partial charge in [0.1, 0.15) is 6.04 Å². The third-order valence-electron chi connectivity index (χ3n) is 4.16. The van der Waals surface area contributed by atoms with E-state index in [4.69, 9.17) is 5.26 Å². The summed E-state index contributed by atoms with van der Waals surface area (Å²) in [6, 6.07) is 14.9. The standard InChI is InChI=1S/C19H19N3O/c1-13(19(23)22-17-8-5-14(12-20)6-9-17)21-18-10-7-15-3-2-4-16(15)11-18/h5-11,13,21H,2-4H2,1H3,(H,22,23). The molecule has 0 bridgehead atoms. The molecule has 0 aromatic heterocycles. The Balaban J connectivity index is 1.62. The van der Waals surface area contributed by atoms with Crippen molar-refractivity contribution in [2.45, 2.75) is 32.2 Å². The lowest BCUT2D eigenvalue weighted by molar-refractivity contribution is -0.116. The summed E-state index contributed by atoms with van der Waals surface area (Å²) in [6.45, 7) is 1.84. The van der Waals surface area contributed by atoms with Gasteiger partial charge in [-0.1, -0.05) is 6.07 Å². The minimum atomic E-state index is -0.343. The first-order valence-electron chi connectivity index (χ1n) is 7.85. The number of benzene rings is 2. The lowest BCUT2D eigenvalue weighted by Gasteiger charge is -2.16. The van der Waals surface area contributed by atoms with Gasteiger partial charge in [0.15, 0.2) is 0 Å². The Hall–Kier alpha value is -2.80. The van der Waals surface area contributed by atoms with Crippen LogP contribution in [0.5, 0.6) is 0 Å². The van der Waals surface area contributed by atoms with Crippen molar-refractivity contribution in [2.75, 3.05) is 10.6 Å². The second kappa shape index (κ2) is 6.53. The van der Waals surface area contributed by atoms with Gasteiger partial charge in [-0.3, -0.25) is 4.79 Å².